The molecule has 7 nitrogen and oxygen atoms in total. The molecule has 3 saturated heterocycles. The van der Waals surface area contributed by atoms with Crippen molar-refractivity contribution in [3.05, 3.63) is 60.2 Å². The second-order valence-corrected chi connectivity index (χ2v) is 11.6. The van der Waals surface area contributed by atoms with Gasteiger partial charge in [0.25, 0.3) is 0 Å². The molecule has 3 fully saturated rings. The normalized spacial score (nSPS) is 33.1. The molecule has 3 heterocycles. The van der Waals surface area contributed by atoms with Gasteiger partial charge in [0.1, 0.15) is 0 Å². The topological polar surface area (TPSA) is 72.5 Å². The minimum atomic E-state index is -1.23. The molecule has 35 heavy (non-hydrogen) atoms. The standard InChI is InChI=1S/C27H28O7Se/c1-5-26(3,33-17(2)28)21-15-23(35-20-9-7-6-8-10-20)32-25-27(21)22(16-30-25)31-24(34-27)18-11-13-19(29-4)14-12-18/h1,6-14,21-25H,15-16H2,2-4H3/t21-,22-,23+,24?,25+,26-,27-/m1/s1. The van der Waals surface area contributed by atoms with Gasteiger partial charge in [-0.1, -0.05) is 0 Å². The van der Waals surface area contributed by atoms with Crippen LogP contribution in [0.5, 0.6) is 5.75 Å². The number of methoxy groups -OCH3 is 1. The van der Waals surface area contributed by atoms with E-state index in [1.807, 2.05) is 42.5 Å². The number of carbonyl (C=O) groups excluding carboxylic acids is 1. The van der Waals surface area contributed by atoms with Gasteiger partial charge in [-0.15, -0.1) is 0 Å². The van der Waals surface area contributed by atoms with Crippen molar-refractivity contribution >= 4 is 25.4 Å². The fourth-order valence-electron chi connectivity index (χ4n) is 5.20. The molecule has 0 aliphatic carbocycles. The monoisotopic (exact) mass is 544 g/mol. The van der Waals surface area contributed by atoms with E-state index in [0.717, 1.165) is 11.3 Å². The van der Waals surface area contributed by atoms with Gasteiger partial charge in [-0.25, -0.2) is 0 Å². The SMILES string of the molecule is C#C[C@@](C)(OC(C)=O)[C@H]1C[C@H]([Se]c2ccccc2)O[C@@H]2OC[C@H]3OC(c4ccc(OC)cc4)O[C@@]231. The molecule has 1 spiro atoms. The molecule has 184 valence electrons. The van der Waals surface area contributed by atoms with Crippen molar-refractivity contribution < 1.29 is 33.2 Å². The number of rotatable bonds is 6. The minimum absolute atomic E-state index is 0.0108. The van der Waals surface area contributed by atoms with E-state index in [0.29, 0.717) is 13.0 Å². The second kappa shape index (κ2) is 9.59. The van der Waals surface area contributed by atoms with Crippen molar-refractivity contribution in [1.29, 1.82) is 0 Å². The molecule has 3 aliphatic rings. The Bertz CT molecular complexity index is 1100. The number of carbonyl (C=O) groups is 1. The molecule has 7 atom stereocenters. The first kappa shape index (κ1) is 24.3. The molecule has 0 saturated carbocycles. The van der Waals surface area contributed by atoms with E-state index in [1.54, 1.807) is 14.0 Å². The average molecular weight is 543 g/mol. The molecule has 2 aromatic rings. The number of ether oxygens (including phenoxy) is 6. The maximum absolute atomic E-state index is 12.1. The van der Waals surface area contributed by atoms with Crippen molar-refractivity contribution in [2.45, 2.75) is 55.2 Å². The van der Waals surface area contributed by atoms with Crippen LogP contribution in [0.3, 0.4) is 0 Å². The summed E-state index contributed by atoms with van der Waals surface area (Å²) >= 11 is -0.0108. The molecule has 0 N–H and O–H groups in total. The van der Waals surface area contributed by atoms with Gasteiger partial charge in [-0.2, -0.15) is 0 Å². The van der Waals surface area contributed by atoms with Crippen LogP contribution in [0.15, 0.2) is 54.6 Å². The molecule has 0 aromatic heterocycles. The van der Waals surface area contributed by atoms with E-state index >= 15 is 0 Å². The quantitative estimate of drug-likeness (QED) is 0.315. The first-order valence-corrected chi connectivity index (χ1v) is 13.4. The Morgan fingerprint density at radius 1 is 1.17 bits per heavy atom. The molecule has 0 amide bonds. The molecule has 8 heteroatoms. The Morgan fingerprint density at radius 3 is 2.57 bits per heavy atom. The Morgan fingerprint density at radius 2 is 1.91 bits per heavy atom. The number of hydrogen-bond donors (Lipinski definition) is 0. The fourth-order valence-corrected chi connectivity index (χ4v) is 7.43. The number of terminal acetylenes is 1. The third-order valence-corrected chi connectivity index (χ3v) is 9.15. The first-order chi connectivity index (χ1) is 16.9. The van der Waals surface area contributed by atoms with Crippen molar-refractivity contribution in [3.8, 4) is 18.1 Å². The summed E-state index contributed by atoms with van der Waals surface area (Å²) in [5.74, 6) is 2.64. The number of benzene rings is 2. The van der Waals surface area contributed by atoms with Gasteiger partial charge in [0.15, 0.2) is 0 Å². The van der Waals surface area contributed by atoms with Gasteiger partial charge in [0.2, 0.25) is 0 Å². The summed E-state index contributed by atoms with van der Waals surface area (Å²) in [5, 5.41) is -0.142. The van der Waals surface area contributed by atoms with Gasteiger partial charge in [0.05, 0.1) is 0 Å². The zero-order valence-electron chi connectivity index (χ0n) is 19.8. The van der Waals surface area contributed by atoms with E-state index < -0.39 is 41.8 Å². The average Bonchev–Trinajstić information content (AvgIpc) is 3.40. The third-order valence-electron chi connectivity index (χ3n) is 6.82. The predicted molar refractivity (Wildman–Crippen MR) is 128 cm³/mol. The summed E-state index contributed by atoms with van der Waals surface area (Å²) in [4.78, 5) is 12.1. The molecule has 0 bridgehead atoms. The fraction of sp³-hybridized carbons (Fsp3) is 0.444. The van der Waals surface area contributed by atoms with Crippen LogP contribution in [0.4, 0.5) is 0 Å². The van der Waals surface area contributed by atoms with Crippen LogP contribution in [0.2, 0.25) is 0 Å². The summed E-state index contributed by atoms with van der Waals surface area (Å²) in [7, 11) is 1.62. The van der Waals surface area contributed by atoms with E-state index in [4.69, 9.17) is 34.8 Å². The molecule has 5 rings (SSSR count). The zero-order chi connectivity index (χ0) is 24.6. The number of hydrogen-bond acceptors (Lipinski definition) is 7. The third kappa shape index (κ3) is 4.38. The summed E-state index contributed by atoms with van der Waals surface area (Å²) in [5.41, 5.74) is -1.41. The van der Waals surface area contributed by atoms with E-state index in [-0.39, 0.29) is 20.0 Å². The number of esters is 1. The summed E-state index contributed by atoms with van der Waals surface area (Å²) in [6.45, 7) is 3.42. The molecular formula is C27H28O7Se. The Kier molecular flexibility index (Phi) is 6.67. The maximum atomic E-state index is 12.1. The van der Waals surface area contributed by atoms with Crippen molar-refractivity contribution in [3.63, 3.8) is 0 Å². The Balaban J connectivity index is 1.50. The Hall–Kier alpha value is -2.37. The molecule has 3 aliphatic heterocycles. The van der Waals surface area contributed by atoms with Gasteiger partial charge in [-0.05, 0) is 0 Å². The van der Waals surface area contributed by atoms with E-state index in [1.165, 1.54) is 11.4 Å². The van der Waals surface area contributed by atoms with Crippen molar-refractivity contribution in [1.82, 2.24) is 0 Å². The van der Waals surface area contributed by atoms with Gasteiger partial charge < -0.3 is 0 Å². The van der Waals surface area contributed by atoms with Crippen LogP contribution in [0.25, 0.3) is 0 Å². The summed E-state index contributed by atoms with van der Waals surface area (Å²) < 4.78 is 37.9. The Labute approximate surface area is 211 Å². The van der Waals surface area contributed by atoms with Crippen molar-refractivity contribution in [2.24, 2.45) is 5.92 Å². The van der Waals surface area contributed by atoms with E-state index in [2.05, 4.69) is 18.1 Å². The van der Waals surface area contributed by atoms with E-state index in [9.17, 15) is 4.79 Å². The summed E-state index contributed by atoms with van der Waals surface area (Å²) in [6.07, 6.45) is 4.78. The second-order valence-electron chi connectivity index (χ2n) is 9.00. The van der Waals surface area contributed by atoms with Gasteiger partial charge in [0, 0.05) is 0 Å². The van der Waals surface area contributed by atoms with Crippen LogP contribution >= 0.6 is 0 Å². The van der Waals surface area contributed by atoms with Crippen LogP contribution < -0.4 is 9.20 Å². The molecule has 1 unspecified atom stereocenters. The van der Waals surface area contributed by atoms with Crippen molar-refractivity contribution in [2.75, 3.05) is 13.7 Å². The predicted octanol–water partition coefficient (Wildman–Crippen LogP) is 2.55. The van der Waals surface area contributed by atoms with Gasteiger partial charge >= 0.3 is 212 Å². The zero-order valence-corrected chi connectivity index (χ0v) is 21.6. The van der Waals surface area contributed by atoms with Crippen LogP contribution in [0.1, 0.15) is 32.1 Å². The molecule has 2 aromatic carbocycles. The van der Waals surface area contributed by atoms with Crippen LogP contribution in [0, 0.1) is 18.3 Å². The van der Waals surface area contributed by atoms with Gasteiger partial charge in [-0.3, -0.25) is 0 Å². The molecular weight excluding hydrogens is 515 g/mol. The first-order valence-electron chi connectivity index (χ1n) is 11.5. The van der Waals surface area contributed by atoms with Crippen LogP contribution in [-0.4, -0.2) is 63.2 Å². The van der Waals surface area contributed by atoms with Crippen LogP contribution in [-0.2, 0) is 28.5 Å². The molecule has 0 radical (unpaired) electrons. The summed E-state index contributed by atoms with van der Waals surface area (Å²) in [6, 6.07) is 17.7.